The van der Waals surface area contributed by atoms with Crippen LogP contribution in [0.3, 0.4) is 0 Å². The maximum Gasteiger partial charge on any atom is 0.120 e. The van der Waals surface area contributed by atoms with Gasteiger partial charge in [-0.2, -0.15) is 0 Å². The van der Waals surface area contributed by atoms with Gasteiger partial charge in [-0.25, -0.2) is 0 Å². The van der Waals surface area contributed by atoms with Crippen LogP contribution < -0.4 is 4.74 Å². The Labute approximate surface area is 244 Å². The Bertz CT molecular complexity index is 979. The minimum atomic E-state index is -0.203. The van der Waals surface area contributed by atoms with E-state index < -0.39 is 0 Å². The van der Waals surface area contributed by atoms with Crippen LogP contribution in [0.2, 0.25) is 0 Å². The van der Waals surface area contributed by atoms with E-state index in [0.29, 0.717) is 42.7 Å². The Morgan fingerprint density at radius 2 is 1.93 bits per heavy atom. The van der Waals surface area contributed by atoms with Crippen molar-refractivity contribution in [3.8, 4) is 5.75 Å². The largest absolute Gasteiger partial charge is 0.494 e. The van der Waals surface area contributed by atoms with Crippen LogP contribution in [0.25, 0.3) is 0 Å². The molecule has 1 aromatic rings. The lowest BCUT2D eigenvalue weighted by atomic mass is 9.46. The van der Waals surface area contributed by atoms with E-state index in [2.05, 4.69) is 56.9 Å². The van der Waals surface area contributed by atoms with Crippen LogP contribution in [0, 0.1) is 40.4 Å². The summed E-state index contributed by atoms with van der Waals surface area (Å²) in [4.78, 5) is 14.1. The van der Waals surface area contributed by atoms with Gasteiger partial charge in [0.2, 0.25) is 0 Å². The molecule has 4 nitrogen and oxygen atoms in total. The predicted octanol–water partition coefficient (Wildman–Crippen LogP) is 8.23. The van der Waals surface area contributed by atoms with Gasteiger partial charge in [0.25, 0.3) is 0 Å². The first kappa shape index (κ1) is 30.1. The summed E-state index contributed by atoms with van der Waals surface area (Å²) in [6.07, 6.45) is 15.7. The number of likely N-dealkylation sites (tertiary alicyclic amines) is 1. The summed E-state index contributed by atoms with van der Waals surface area (Å²) in [6.45, 7) is 12.5. The monoisotopic (exact) mass is 551 g/mol. The van der Waals surface area contributed by atoms with Crippen molar-refractivity contribution in [3.63, 3.8) is 0 Å². The first-order chi connectivity index (χ1) is 19.3. The van der Waals surface area contributed by atoms with E-state index in [1.54, 1.807) is 0 Å². The zero-order chi connectivity index (χ0) is 28.3. The highest BCUT2D eigenvalue weighted by molar-refractivity contribution is 5.49. The smallest absolute Gasteiger partial charge is 0.120 e. The number of aliphatic hydroxyl groups excluding tert-OH is 1. The molecule has 0 radical (unpaired) electrons. The molecule has 5 rings (SSSR count). The van der Waals surface area contributed by atoms with Gasteiger partial charge in [0.15, 0.2) is 0 Å². The molecular formula is C36H57NO3. The lowest BCUT2D eigenvalue weighted by molar-refractivity contribution is -0.127. The van der Waals surface area contributed by atoms with Crippen molar-refractivity contribution in [1.29, 1.82) is 0 Å². The summed E-state index contributed by atoms with van der Waals surface area (Å²) in [6, 6.07) is 9.39. The maximum atomic E-state index is 11.4. The average molecular weight is 552 g/mol. The number of hydrogen-bond acceptors (Lipinski definition) is 4. The number of aliphatic hydroxyl groups is 1. The van der Waals surface area contributed by atoms with Gasteiger partial charge in [-0.15, -0.1) is 0 Å². The molecule has 8 atom stereocenters. The molecule has 1 aromatic carbocycles. The van der Waals surface area contributed by atoms with Crippen molar-refractivity contribution in [2.45, 2.75) is 123 Å². The van der Waals surface area contributed by atoms with Crippen molar-refractivity contribution in [2.75, 3.05) is 19.7 Å². The quantitative estimate of drug-likeness (QED) is 0.281. The van der Waals surface area contributed by atoms with Gasteiger partial charge in [-0.1, -0.05) is 52.7 Å². The molecule has 1 aliphatic heterocycles. The zero-order valence-corrected chi connectivity index (χ0v) is 26.0. The molecule has 4 aliphatic rings. The van der Waals surface area contributed by atoms with E-state index in [0.717, 1.165) is 56.6 Å². The molecule has 0 bridgehead atoms. The normalized spacial score (nSPS) is 38.1. The molecule has 0 spiro atoms. The number of hydrogen-bond donors (Lipinski definition) is 1. The number of rotatable bonds is 11. The molecule has 1 saturated heterocycles. The zero-order valence-electron chi connectivity index (χ0n) is 26.0. The van der Waals surface area contributed by atoms with E-state index in [1.807, 2.05) is 0 Å². The third-order valence-corrected chi connectivity index (χ3v) is 12.3. The number of carbonyl (C=O) groups excluding carboxylic acids is 1. The Balaban J connectivity index is 1.27. The van der Waals surface area contributed by atoms with Crippen LogP contribution in [-0.4, -0.2) is 42.1 Å². The lowest BCUT2D eigenvalue weighted by Crippen LogP contribution is -2.53. The molecule has 1 heterocycles. The molecule has 4 heteroatoms. The topological polar surface area (TPSA) is 49.8 Å². The number of nitrogens with zero attached hydrogens (tertiary/aromatic N) is 1. The highest BCUT2D eigenvalue weighted by atomic mass is 16.5. The molecule has 0 aromatic heterocycles. The lowest BCUT2D eigenvalue weighted by Gasteiger charge is -2.59. The second kappa shape index (κ2) is 12.9. The van der Waals surface area contributed by atoms with Gasteiger partial charge in [0, 0.05) is 24.4 Å². The number of fused-ring (bicyclic) bond motifs is 3. The van der Waals surface area contributed by atoms with Gasteiger partial charge in [-0.05, 0) is 123 Å². The Morgan fingerprint density at radius 3 is 2.70 bits per heavy atom. The Morgan fingerprint density at radius 1 is 1.07 bits per heavy atom. The molecule has 3 aliphatic carbocycles. The number of carbonyl (C=O) groups is 1. The third kappa shape index (κ3) is 5.78. The summed E-state index contributed by atoms with van der Waals surface area (Å²) in [5, 5.41) is 11.4. The van der Waals surface area contributed by atoms with Gasteiger partial charge < -0.3 is 14.6 Å². The molecular weight excluding hydrogens is 494 g/mol. The van der Waals surface area contributed by atoms with E-state index in [4.69, 9.17) is 4.74 Å². The number of aldehydes is 1. The summed E-state index contributed by atoms with van der Waals surface area (Å²) in [5.41, 5.74) is 1.66. The van der Waals surface area contributed by atoms with Crippen LogP contribution >= 0.6 is 0 Å². The fourth-order valence-corrected chi connectivity index (χ4v) is 10.5. The Hall–Kier alpha value is -1.39. The first-order valence-electron chi connectivity index (χ1n) is 16.9. The van der Waals surface area contributed by atoms with Crippen LogP contribution in [0.15, 0.2) is 24.3 Å². The van der Waals surface area contributed by atoms with Crippen molar-refractivity contribution in [1.82, 2.24) is 4.90 Å². The Kier molecular flexibility index (Phi) is 9.67. The fraction of sp³-hybridized carbons (Fsp3) is 0.806. The summed E-state index contributed by atoms with van der Waals surface area (Å²) < 4.78 is 6.50. The van der Waals surface area contributed by atoms with E-state index in [1.165, 1.54) is 57.1 Å². The van der Waals surface area contributed by atoms with E-state index >= 15 is 0 Å². The molecule has 0 amide bonds. The highest BCUT2D eigenvalue weighted by Gasteiger charge is 2.60. The van der Waals surface area contributed by atoms with Gasteiger partial charge in [0.05, 0.1) is 12.7 Å². The van der Waals surface area contributed by atoms with Crippen LogP contribution in [0.1, 0.15) is 123 Å². The third-order valence-electron chi connectivity index (χ3n) is 12.3. The predicted molar refractivity (Wildman–Crippen MR) is 163 cm³/mol. The van der Waals surface area contributed by atoms with Crippen molar-refractivity contribution < 1.29 is 14.6 Å². The van der Waals surface area contributed by atoms with Gasteiger partial charge >= 0.3 is 0 Å². The van der Waals surface area contributed by atoms with E-state index in [9.17, 15) is 9.90 Å². The minimum absolute atomic E-state index is 0.000824. The number of ether oxygens (including phenoxy) is 1. The van der Waals surface area contributed by atoms with Crippen LogP contribution in [0.5, 0.6) is 5.75 Å². The molecule has 7 unspecified atom stereocenters. The van der Waals surface area contributed by atoms with Crippen LogP contribution in [-0.2, 0) is 4.79 Å². The SMILES string of the molecule is CCC1CCC2C(CC[C@]3(CCOc4cccc(C5CCCCN5CC(C)C)c4)C(O)CCC23)C1(C)CCC=O. The van der Waals surface area contributed by atoms with Crippen LogP contribution in [0.4, 0.5) is 0 Å². The fourth-order valence-electron chi connectivity index (χ4n) is 10.5. The molecule has 40 heavy (non-hydrogen) atoms. The number of piperidine rings is 1. The molecule has 224 valence electrons. The standard InChI is InChI=1S/C36H57NO3/c1-5-28-13-14-30-31(35(28,4)18-9-22-38)17-19-36(32(30)15-16-34(36)39)20-23-40-29-11-8-10-27(24-29)33-12-6-7-21-37(33)25-26(2)3/h8,10-11,22,24,26,28,30-34,39H,5-7,9,12-21,23,25H2,1-4H3/t28?,30?,31?,32?,33?,34?,35?,36-/m1/s1. The van der Waals surface area contributed by atoms with Crippen molar-refractivity contribution >= 4 is 6.29 Å². The summed E-state index contributed by atoms with van der Waals surface area (Å²) in [7, 11) is 0. The highest BCUT2D eigenvalue weighted by Crippen LogP contribution is 2.66. The second-order valence-corrected chi connectivity index (χ2v) is 14.7. The molecule has 4 fully saturated rings. The molecule has 1 N–H and O–H groups in total. The first-order valence-corrected chi connectivity index (χ1v) is 16.9. The average Bonchev–Trinajstić information content (AvgIpc) is 3.28. The van der Waals surface area contributed by atoms with Crippen molar-refractivity contribution in [2.24, 2.45) is 40.4 Å². The van der Waals surface area contributed by atoms with E-state index in [-0.39, 0.29) is 16.9 Å². The van der Waals surface area contributed by atoms with Gasteiger partial charge in [0.1, 0.15) is 12.0 Å². The maximum absolute atomic E-state index is 11.4. The van der Waals surface area contributed by atoms with Crippen molar-refractivity contribution in [3.05, 3.63) is 29.8 Å². The number of benzene rings is 1. The summed E-state index contributed by atoms with van der Waals surface area (Å²) in [5.74, 6) is 4.37. The summed E-state index contributed by atoms with van der Waals surface area (Å²) >= 11 is 0. The van der Waals surface area contributed by atoms with Gasteiger partial charge in [-0.3, -0.25) is 4.90 Å². The molecule has 3 saturated carbocycles. The minimum Gasteiger partial charge on any atom is -0.494 e. The second-order valence-electron chi connectivity index (χ2n) is 14.7.